The average Bonchev–Trinajstić information content (AvgIpc) is 3.22. The Hall–Kier alpha value is -2.15. The first-order valence-corrected chi connectivity index (χ1v) is 9.23. The van der Waals surface area contributed by atoms with Crippen LogP contribution < -0.4 is 0 Å². The SMILES string of the molecule is CC(Cc1nnc(SCc2nc(C(C)(C)C)no2)o1)c1ccccc1. The van der Waals surface area contributed by atoms with E-state index in [0.717, 1.165) is 0 Å². The van der Waals surface area contributed by atoms with Crippen LogP contribution in [0.5, 0.6) is 0 Å². The summed E-state index contributed by atoms with van der Waals surface area (Å²) < 4.78 is 11.0. The molecular weight excluding hydrogens is 336 g/mol. The molecule has 2 heterocycles. The van der Waals surface area contributed by atoms with Gasteiger partial charge in [-0.3, -0.25) is 0 Å². The molecule has 0 radical (unpaired) electrons. The summed E-state index contributed by atoms with van der Waals surface area (Å²) in [6.07, 6.45) is 0.715. The Bertz CT molecular complexity index is 808. The van der Waals surface area contributed by atoms with Gasteiger partial charge in [0.05, 0.1) is 5.75 Å². The lowest BCUT2D eigenvalue weighted by Gasteiger charge is -2.10. The molecule has 0 aliphatic heterocycles. The number of aromatic nitrogens is 4. The normalized spacial score (nSPS) is 13.1. The summed E-state index contributed by atoms with van der Waals surface area (Å²) in [5.41, 5.74) is 1.13. The summed E-state index contributed by atoms with van der Waals surface area (Å²) in [5.74, 6) is 2.74. The molecule has 1 unspecified atom stereocenters. The third-order valence-corrected chi connectivity index (χ3v) is 4.56. The molecule has 3 aromatic rings. The molecule has 0 aliphatic carbocycles. The largest absolute Gasteiger partial charge is 0.416 e. The zero-order chi connectivity index (χ0) is 17.9. The van der Waals surface area contributed by atoms with Crippen LogP contribution in [-0.2, 0) is 17.6 Å². The Morgan fingerprint density at radius 2 is 1.84 bits per heavy atom. The number of rotatable bonds is 6. The number of nitrogens with zero attached hydrogens (tertiary/aromatic N) is 4. The van der Waals surface area contributed by atoms with E-state index in [4.69, 9.17) is 8.94 Å². The minimum atomic E-state index is -0.127. The van der Waals surface area contributed by atoms with E-state index in [1.165, 1.54) is 17.3 Å². The van der Waals surface area contributed by atoms with E-state index in [2.05, 4.69) is 39.4 Å². The summed E-state index contributed by atoms with van der Waals surface area (Å²) in [4.78, 5) is 4.40. The minimum Gasteiger partial charge on any atom is -0.416 e. The number of hydrogen-bond donors (Lipinski definition) is 0. The van der Waals surface area contributed by atoms with Gasteiger partial charge in [-0.15, -0.1) is 10.2 Å². The second-order valence-electron chi connectivity index (χ2n) is 7.03. The molecule has 6 nitrogen and oxygen atoms in total. The fourth-order valence-electron chi connectivity index (χ4n) is 2.28. The predicted molar refractivity (Wildman–Crippen MR) is 95.4 cm³/mol. The van der Waals surface area contributed by atoms with Crippen molar-refractivity contribution in [3.8, 4) is 0 Å². The van der Waals surface area contributed by atoms with Gasteiger partial charge in [0.2, 0.25) is 11.8 Å². The van der Waals surface area contributed by atoms with Crippen molar-refractivity contribution in [1.82, 2.24) is 20.3 Å². The van der Waals surface area contributed by atoms with E-state index in [1.807, 2.05) is 39.0 Å². The first-order valence-electron chi connectivity index (χ1n) is 8.25. The predicted octanol–water partition coefficient (Wildman–Crippen LogP) is 4.39. The Labute approximate surface area is 151 Å². The fourth-order valence-corrected chi connectivity index (χ4v) is 2.90. The fraction of sp³-hybridized carbons (Fsp3) is 0.444. The van der Waals surface area contributed by atoms with Crippen LogP contribution in [0.2, 0.25) is 0 Å². The van der Waals surface area contributed by atoms with Crippen molar-refractivity contribution in [1.29, 1.82) is 0 Å². The Morgan fingerprint density at radius 3 is 2.52 bits per heavy atom. The topological polar surface area (TPSA) is 77.8 Å². The summed E-state index contributed by atoms with van der Waals surface area (Å²) in [5, 5.41) is 12.8. The van der Waals surface area contributed by atoms with Gasteiger partial charge in [0.25, 0.3) is 5.22 Å². The van der Waals surface area contributed by atoms with Gasteiger partial charge in [-0.25, -0.2) is 0 Å². The van der Waals surface area contributed by atoms with Crippen LogP contribution in [0.3, 0.4) is 0 Å². The molecule has 0 saturated carbocycles. The first-order chi connectivity index (χ1) is 11.9. The van der Waals surface area contributed by atoms with E-state index in [9.17, 15) is 0 Å². The number of hydrogen-bond acceptors (Lipinski definition) is 7. The van der Waals surface area contributed by atoms with Crippen LogP contribution >= 0.6 is 11.8 Å². The van der Waals surface area contributed by atoms with Gasteiger partial charge in [-0.2, -0.15) is 4.98 Å². The molecule has 0 N–H and O–H groups in total. The van der Waals surface area contributed by atoms with E-state index in [0.29, 0.717) is 40.9 Å². The molecule has 1 atom stereocenters. The minimum absolute atomic E-state index is 0.127. The second kappa shape index (κ2) is 7.39. The summed E-state index contributed by atoms with van der Waals surface area (Å²) in [7, 11) is 0. The summed E-state index contributed by atoms with van der Waals surface area (Å²) >= 11 is 1.40. The lowest BCUT2D eigenvalue weighted by molar-refractivity contribution is 0.371. The van der Waals surface area contributed by atoms with Gasteiger partial charge in [-0.05, 0) is 11.5 Å². The third kappa shape index (κ3) is 4.69. The second-order valence-corrected chi connectivity index (χ2v) is 7.95. The highest BCUT2D eigenvalue weighted by atomic mass is 32.2. The molecule has 0 fully saturated rings. The lowest BCUT2D eigenvalue weighted by Crippen LogP contribution is -2.13. The van der Waals surface area contributed by atoms with E-state index >= 15 is 0 Å². The highest BCUT2D eigenvalue weighted by Crippen LogP contribution is 2.25. The Morgan fingerprint density at radius 1 is 1.08 bits per heavy atom. The van der Waals surface area contributed by atoms with Crippen molar-refractivity contribution in [2.24, 2.45) is 0 Å². The zero-order valence-corrected chi connectivity index (χ0v) is 15.7. The van der Waals surface area contributed by atoms with E-state index in [1.54, 1.807) is 0 Å². The molecule has 132 valence electrons. The van der Waals surface area contributed by atoms with Crippen molar-refractivity contribution in [3.63, 3.8) is 0 Å². The molecule has 0 amide bonds. The molecule has 7 heteroatoms. The molecule has 0 spiro atoms. The van der Waals surface area contributed by atoms with Gasteiger partial charge >= 0.3 is 0 Å². The Kier molecular flexibility index (Phi) is 5.22. The maximum absolute atomic E-state index is 5.72. The van der Waals surface area contributed by atoms with Crippen LogP contribution in [0, 0.1) is 0 Å². The third-order valence-electron chi connectivity index (χ3n) is 3.76. The molecular formula is C18H22N4O2S. The highest BCUT2D eigenvalue weighted by Gasteiger charge is 2.21. The molecule has 0 aliphatic rings. The van der Waals surface area contributed by atoms with Gasteiger partial charge < -0.3 is 8.94 Å². The number of benzene rings is 1. The molecule has 2 aromatic heterocycles. The van der Waals surface area contributed by atoms with E-state index in [-0.39, 0.29) is 5.41 Å². The molecule has 25 heavy (non-hydrogen) atoms. The van der Waals surface area contributed by atoms with Crippen molar-refractivity contribution >= 4 is 11.8 Å². The van der Waals surface area contributed by atoms with Gasteiger partial charge in [0.15, 0.2) is 5.82 Å². The molecule has 1 aromatic carbocycles. The average molecular weight is 358 g/mol. The van der Waals surface area contributed by atoms with Gasteiger partial charge in [-0.1, -0.05) is 74.9 Å². The molecule has 3 rings (SSSR count). The number of thioether (sulfide) groups is 1. The van der Waals surface area contributed by atoms with Crippen molar-refractivity contribution in [2.45, 2.75) is 56.4 Å². The Balaban J connectivity index is 1.56. The van der Waals surface area contributed by atoms with Crippen LogP contribution in [0.25, 0.3) is 0 Å². The quantitative estimate of drug-likeness (QED) is 0.605. The van der Waals surface area contributed by atoms with Crippen LogP contribution in [0.15, 0.2) is 44.5 Å². The van der Waals surface area contributed by atoms with E-state index < -0.39 is 0 Å². The maximum atomic E-state index is 5.72. The standard InChI is InChI=1S/C18H22N4O2S/c1-12(13-8-6-5-7-9-13)10-14-20-21-17(23-14)25-11-15-19-16(22-24-15)18(2,3)4/h5-9,12H,10-11H2,1-4H3. The smallest absolute Gasteiger partial charge is 0.277 e. The maximum Gasteiger partial charge on any atom is 0.277 e. The van der Waals surface area contributed by atoms with Crippen molar-refractivity contribution in [3.05, 3.63) is 53.5 Å². The van der Waals surface area contributed by atoms with Crippen LogP contribution in [0.1, 0.15) is 56.8 Å². The van der Waals surface area contributed by atoms with Gasteiger partial charge in [0, 0.05) is 11.8 Å². The monoisotopic (exact) mass is 358 g/mol. The van der Waals surface area contributed by atoms with Crippen LogP contribution in [-0.4, -0.2) is 20.3 Å². The first kappa shape index (κ1) is 17.7. The summed E-state index contributed by atoms with van der Waals surface area (Å²) in [6, 6.07) is 10.3. The molecule has 0 bridgehead atoms. The van der Waals surface area contributed by atoms with Gasteiger partial charge in [0.1, 0.15) is 0 Å². The summed E-state index contributed by atoms with van der Waals surface area (Å²) in [6.45, 7) is 8.30. The van der Waals surface area contributed by atoms with Crippen molar-refractivity contribution in [2.75, 3.05) is 0 Å². The zero-order valence-electron chi connectivity index (χ0n) is 14.9. The lowest BCUT2D eigenvalue weighted by atomic mass is 9.96. The van der Waals surface area contributed by atoms with Crippen molar-refractivity contribution < 1.29 is 8.94 Å². The van der Waals surface area contributed by atoms with Crippen LogP contribution in [0.4, 0.5) is 0 Å². The molecule has 0 saturated heterocycles. The highest BCUT2D eigenvalue weighted by molar-refractivity contribution is 7.98.